The van der Waals surface area contributed by atoms with E-state index in [9.17, 15) is 4.39 Å². The molecular formula is C15H15FN2O2. The Hall–Kier alpha value is -2.14. The van der Waals surface area contributed by atoms with Gasteiger partial charge >= 0.3 is 0 Å². The van der Waals surface area contributed by atoms with E-state index in [2.05, 4.69) is 4.98 Å². The molecule has 0 fully saturated rings. The Labute approximate surface area is 116 Å². The van der Waals surface area contributed by atoms with Gasteiger partial charge in [0.1, 0.15) is 30.0 Å². The maximum Gasteiger partial charge on any atom is 0.137 e. The van der Waals surface area contributed by atoms with Crippen LogP contribution in [0.2, 0.25) is 0 Å². The van der Waals surface area contributed by atoms with Crippen molar-refractivity contribution in [3.8, 4) is 11.5 Å². The van der Waals surface area contributed by atoms with Gasteiger partial charge in [0, 0.05) is 18.5 Å². The van der Waals surface area contributed by atoms with E-state index in [0.717, 1.165) is 17.0 Å². The monoisotopic (exact) mass is 274 g/mol. The van der Waals surface area contributed by atoms with Gasteiger partial charge in [-0.1, -0.05) is 0 Å². The maximum atomic E-state index is 13.1. The van der Waals surface area contributed by atoms with Crippen LogP contribution in [0.5, 0.6) is 11.5 Å². The van der Waals surface area contributed by atoms with E-state index in [1.165, 1.54) is 12.1 Å². The molecule has 0 bridgehead atoms. The van der Waals surface area contributed by atoms with Crippen LogP contribution < -0.4 is 15.2 Å². The number of benzene rings is 1. The SMILES string of the molecule is NCc1ccc(OCC2Cc3cc(F)ccc3O2)cn1. The lowest BCUT2D eigenvalue weighted by Gasteiger charge is -2.12. The number of pyridine rings is 1. The molecule has 0 saturated carbocycles. The van der Waals surface area contributed by atoms with Crippen LogP contribution in [0.25, 0.3) is 0 Å². The largest absolute Gasteiger partial charge is 0.488 e. The van der Waals surface area contributed by atoms with E-state index in [1.54, 1.807) is 12.3 Å². The van der Waals surface area contributed by atoms with Gasteiger partial charge in [-0.05, 0) is 30.3 Å². The van der Waals surface area contributed by atoms with Gasteiger partial charge in [0.25, 0.3) is 0 Å². The van der Waals surface area contributed by atoms with Gasteiger partial charge in [-0.3, -0.25) is 4.98 Å². The number of hydrogen-bond acceptors (Lipinski definition) is 4. The second-order valence-corrected chi connectivity index (χ2v) is 4.70. The summed E-state index contributed by atoms with van der Waals surface area (Å²) in [6.45, 7) is 0.812. The zero-order valence-electron chi connectivity index (χ0n) is 10.9. The molecule has 104 valence electrons. The Balaban J connectivity index is 1.58. The van der Waals surface area contributed by atoms with Crippen molar-refractivity contribution in [3.05, 3.63) is 53.6 Å². The van der Waals surface area contributed by atoms with Gasteiger partial charge in [-0.15, -0.1) is 0 Å². The van der Waals surface area contributed by atoms with Crippen LogP contribution >= 0.6 is 0 Å². The van der Waals surface area contributed by atoms with Crippen LogP contribution in [0.15, 0.2) is 36.5 Å². The molecule has 0 aliphatic carbocycles. The Morgan fingerprint density at radius 1 is 1.35 bits per heavy atom. The summed E-state index contributed by atoms with van der Waals surface area (Å²) in [6.07, 6.45) is 2.20. The van der Waals surface area contributed by atoms with Crippen molar-refractivity contribution in [2.24, 2.45) is 5.73 Å². The number of hydrogen-bond donors (Lipinski definition) is 1. The first kappa shape index (κ1) is 12.9. The number of ether oxygens (including phenoxy) is 2. The van der Waals surface area contributed by atoms with E-state index in [0.29, 0.717) is 25.3 Å². The predicted octanol–water partition coefficient (Wildman–Crippen LogP) is 2.06. The molecule has 1 aromatic heterocycles. The minimum absolute atomic E-state index is 0.0963. The number of halogens is 1. The fourth-order valence-corrected chi connectivity index (χ4v) is 2.19. The van der Waals surface area contributed by atoms with Crippen LogP contribution in [0.4, 0.5) is 4.39 Å². The van der Waals surface area contributed by atoms with Crippen LogP contribution in [0.3, 0.4) is 0 Å². The first-order valence-electron chi connectivity index (χ1n) is 6.47. The molecule has 2 aromatic rings. The summed E-state index contributed by atoms with van der Waals surface area (Å²) >= 11 is 0. The second-order valence-electron chi connectivity index (χ2n) is 4.70. The van der Waals surface area contributed by atoms with Gasteiger partial charge in [-0.2, -0.15) is 0 Å². The van der Waals surface area contributed by atoms with Crippen molar-refractivity contribution < 1.29 is 13.9 Å². The Morgan fingerprint density at radius 3 is 3.00 bits per heavy atom. The van der Waals surface area contributed by atoms with E-state index < -0.39 is 0 Å². The molecular weight excluding hydrogens is 259 g/mol. The molecule has 20 heavy (non-hydrogen) atoms. The minimum Gasteiger partial charge on any atom is -0.488 e. The fraction of sp³-hybridized carbons (Fsp3) is 0.267. The predicted molar refractivity (Wildman–Crippen MR) is 72.1 cm³/mol. The van der Waals surface area contributed by atoms with Crippen LogP contribution in [0.1, 0.15) is 11.3 Å². The quantitative estimate of drug-likeness (QED) is 0.927. The summed E-state index contributed by atoms with van der Waals surface area (Å²) < 4.78 is 24.4. The number of nitrogens with two attached hydrogens (primary N) is 1. The third-order valence-corrected chi connectivity index (χ3v) is 3.21. The van der Waals surface area contributed by atoms with Gasteiger partial charge in [0.15, 0.2) is 0 Å². The average molecular weight is 274 g/mol. The molecule has 0 saturated heterocycles. The Bertz CT molecular complexity index is 601. The van der Waals surface area contributed by atoms with Crippen LogP contribution in [0, 0.1) is 5.82 Å². The molecule has 4 nitrogen and oxygen atoms in total. The molecule has 0 spiro atoms. The van der Waals surface area contributed by atoms with Crippen molar-refractivity contribution in [2.75, 3.05) is 6.61 Å². The first-order valence-corrected chi connectivity index (χ1v) is 6.47. The average Bonchev–Trinajstić information content (AvgIpc) is 2.87. The number of fused-ring (bicyclic) bond motifs is 1. The van der Waals surface area contributed by atoms with Gasteiger partial charge in [0.2, 0.25) is 0 Å². The molecule has 0 radical (unpaired) electrons. The van der Waals surface area contributed by atoms with Crippen LogP contribution in [-0.4, -0.2) is 17.7 Å². The number of aromatic nitrogens is 1. The molecule has 1 aromatic carbocycles. The van der Waals surface area contributed by atoms with Crippen molar-refractivity contribution in [1.29, 1.82) is 0 Å². The summed E-state index contributed by atoms with van der Waals surface area (Å²) in [4.78, 5) is 4.15. The lowest BCUT2D eigenvalue weighted by atomic mass is 10.1. The normalized spacial score (nSPS) is 16.6. The highest BCUT2D eigenvalue weighted by atomic mass is 19.1. The minimum atomic E-state index is -0.240. The molecule has 1 unspecified atom stereocenters. The number of rotatable bonds is 4. The van der Waals surface area contributed by atoms with E-state index in [1.807, 2.05) is 12.1 Å². The van der Waals surface area contributed by atoms with Crippen molar-refractivity contribution in [2.45, 2.75) is 19.1 Å². The third kappa shape index (κ3) is 2.72. The topological polar surface area (TPSA) is 57.4 Å². The summed E-state index contributed by atoms with van der Waals surface area (Å²) in [6, 6.07) is 8.22. The zero-order valence-corrected chi connectivity index (χ0v) is 10.9. The highest BCUT2D eigenvalue weighted by Gasteiger charge is 2.23. The lowest BCUT2D eigenvalue weighted by molar-refractivity contribution is 0.148. The summed E-state index contributed by atoms with van der Waals surface area (Å²) in [5.41, 5.74) is 7.18. The van der Waals surface area contributed by atoms with Gasteiger partial charge in [0.05, 0.1) is 11.9 Å². The third-order valence-electron chi connectivity index (χ3n) is 3.21. The maximum absolute atomic E-state index is 13.1. The summed E-state index contributed by atoms with van der Waals surface area (Å²) in [5, 5.41) is 0. The lowest BCUT2D eigenvalue weighted by Crippen LogP contribution is -2.22. The molecule has 2 N–H and O–H groups in total. The molecule has 1 aliphatic heterocycles. The van der Waals surface area contributed by atoms with Crippen molar-refractivity contribution in [3.63, 3.8) is 0 Å². The van der Waals surface area contributed by atoms with Crippen LogP contribution in [-0.2, 0) is 13.0 Å². The molecule has 3 rings (SSSR count). The molecule has 2 heterocycles. The van der Waals surface area contributed by atoms with Crippen molar-refractivity contribution in [1.82, 2.24) is 4.98 Å². The van der Waals surface area contributed by atoms with Crippen molar-refractivity contribution >= 4 is 0 Å². The van der Waals surface area contributed by atoms with E-state index in [-0.39, 0.29) is 11.9 Å². The Morgan fingerprint density at radius 2 is 2.25 bits per heavy atom. The highest BCUT2D eigenvalue weighted by molar-refractivity contribution is 5.38. The smallest absolute Gasteiger partial charge is 0.137 e. The molecule has 0 amide bonds. The van der Waals surface area contributed by atoms with E-state index >= 15 is 0 Å². The summed E-state index contributed by atoms with van der Waals surface area (Å²) in [5.74, 6) is 1.17. The second kappa shape index (κ2) is 5.46. The molecule has 5 heteroatoms. The molecule has 1 aliphatic rings. The van der Waals surface area contributed by atoms with E-state index in [4.69, 9.17) is 15.2 Å². The standard InChI is InChI=1S/C15H15FN2O2/c16-11-1-4-15-10(5-11)6-14(20-15)9-19-13-3-2-12(7-17)18-8-13/h1-5,8,14H,6-7,9,17H2. The zero-order chi connectivity index (χ0) is 13.9. The first-order chi connectivity index (χ1) is 9.74. The number of nitrogens with zero attached hydrogens (tertiary/aromatic N) is 1. The highest BCUT2D eigenvalue weighted by Crippen LogP contribution is 2.29. The van der Waals surface area contributed by atoms with Gasteiger partial charge in [-0.25, -0.2) is 4.39 Å². The Kier molecular flexibility index (Phi) is 3.52. The van der Waals surface area contributed by atoms with Gasteiger partial charge < -0.3 is 15.2 Å². The molecule has 1 atom stereocenters. The fourth-order valence-electron chi connectivity index (χ4n) is 2.19. The summed E-state index contributed by atoms with van der Waals surface area (Å²) in [7, 11) is 0.